The number of H-pyrrole nitrogens is 1. The third kappa shape index (κ3) is 5.80. The van der Waals surface area contributed by atoms with Gasteiger partial charge in [-0.15, -0.1) is 0 Å². The van der Waals surface area contributed by atoms with Crippen LogP contribution in [0.4, 0.5) is 8.78 Å². The number of nitrogens with zero attached hydrogens (tertiary/aromatic N) is 4. The van der Waals surface area contributed by atoms with E-state index in [4.69, 9.17) is 0 Å². The molecule has 0 bridgehead atoms. The van der Waals surface area contributed by atoms with E-state index in [1.807, 2.05) is 6.92 Å². The molecule has 0 aliphatic carbocycles. The van der Waals surface area contributed by atoms with Gasteiger partial charge >= 0.3 is 0 Å². The lowest BCUT2D eigenvalue weighted by atomic mass is 10.2. The number of aryl methyl sites for hydroxylation is 1. The van der Waals surface area contributed by atoms with Gasteiger partial charge < -0.3 is 10.2 Å². The number of halogens is 2. The minimum atomic E-state index is -0.906. The normalized spacial score (nSPS) is 14.8. The lowest BCUT2D eigenvalue weighted by Crippen LogP contribution is -2.48. The fraction of sp³-hybridized carbons (Fsp3) is 0.474. The van der Waals surface area contributed by atoms with Crippen LogP contribution in [0.3, 0.4) is 0 Å². The number of amides is 2. The van der Waals surface area contributed by atoms with E-state index in [0.717, 1.165) is 36.9 Å². The molecular formula is C19H24F2N6O2. The largest absolute Gasteiger partial charge is 0.352 e. The van der Waals surface area contributed by atoms with Gasteiger partial charge in [-0.2, -0.15) is 5.10 Å². The monoisotopic (exact) mass is 406 g/mol. The molecule has 1 aromatic carbocycles. The average Bonchev–Trinajstić information content (AvgIpc) is 3.10. The molecule has 2 N–H and O–H groups in total. The van der Waals surface area contributed by atoms with Gasteiger partial charge in [-0.05, 0) is 25.5 Å². The Morgan fingerprint density at radius 3 is 2.62 bits per heavy atom. The molecule has 1 aliphatic rings. The van der Waals surface area contributed by atoms with Crippen molar-refractivity contribution in [3.05, 3.63) is 47.0 Å². The fourth-order valence-electron chi connectivity index (χ4n) is 3.18. The Morgan fingerprint density at radius 1 is 1.21 bits per heavy atom. The SMILES string of the molecule is Cc1nc(CN2CCN(C(=O)CCCNC(=O)c3ccc(F)cc3F)CC2)n[nH]1. The fourth-order valence-corrected chi connectivity index (χ4v) is 3.18. The topological polar surface area (TPSA) is 94.2 Å². The number of benzene rings is 1. The van der Waals surface area contributed by atoms with Crippen molar-refractivity contribution < 1.29 is 18.4 Å². The lowest BCUT2D eigenvalue weighted by molar-refractivity contribution is -0.133. The van der Waals surface area contributed by atoms with E-state index < -0.39 is 17.5 Å². The summed E-state index contributed by atoms with van der Waals surface area (Å²) in [5.41, 5.74) is -0.213. The van der Waals surface area contributed by atoms with E-state index in [-0.39, 0.29) is 18.0 Å². The Labute approximate surface area is 167 Å². The quantitative estimate of drug-likeness (QED) is 0.675. The molecule has 0 atom stereocenters. The number of hydrogen-bond donors (Lipinski definition) is 2. The van der Waals surface area contributed by atoms with Crippen LogP contribution in [0.1, 0.15) is 34.8 Å². The first kappa shape index (κ1) is 20.8. The molecule has 2 heterocycles. The number of carbonyl (C=O) groups excluding carboxylic acids is 2. The highest BCUT2D eigenvalue weighted by Gasteiger charge is 2.21. The molecule has 3 rings (SSSR count). The van der Waals surface area contributed by atoms with E-state index >= 15 is 0 Å². The van der Waals surface area contributed by atoms with Gasteiger partial charge in [0, 0.05) is 45.2 Å². The van der Waals surface area contributed by atoms with Gasteiger partial charge in [0.2, 0.25) is 5.91 Å². The van der Waals surface area contributed by atoms with Crippen molar-refractivity contribution >= 4 is 11.8 Å². The third-order valence-corrected chi connectivity index (χ3v) is 4.76. The van der Waals surface area contributed by atoms with Gasteiger partial charge in [0.05, 0.1) is 12.1 Å². The molecule has 2 aromatic rings. The molecule has 2 amide bonds. The summed E-state index contributed by atoms with van der Waals surface area (Å²) < 4.78 is 26.5. The molecule has 156 valence electrons. The summed E-state index contributed by atoms with van der Waals surface area (Å²) in [5, 5.41) is 9.50. The van der Waals surface area contributed by atoms with Gasteiger partial charge in [0.1, 0.15) is 17.5 Å². The van der Waals surface area contributed by atoms with Crippen molar-refractivity contribution in [2.45, 2.75) is 26.3 Å². The Bertz CT molecular complexity index is 864. The second-order valence-corrected chi connectivity index (χ2v) is 6.98. The van der Waals surface area contributed by atoms with Crippen molar-refractivity contribution in [1.82, 2.24) is 30.3 Å². The summed E-state index contributed by atoms with van der Waals surface area (Å²) in [4.78, 5) is 32.6. The number of hydrogen-bond acceptors (Lipinski definition) is 5. The van der Waals surface area contributed by atoms with Crippen molar-refractivity contribution in [3.8, 4) is 0 Å². The van der Waals surface area contributed by atoms with Crippen LogP contribution in [0.2, 0.25) is 0 Å². The molecule has 1 aromatic heterocycles. The van der Waals surface area contributed by atoms with Gasteiger partial charge in [-0.25, -0.2) is 13.8 Å². The van der Waals surface area contributed by atoms with Crippen LogP contribution in [0.15, 0.2) is 18.2 Å². The first-order valence-electron chi connectivity index (χ1n) is 9.53. The molecule has 0 unspecified atom stereocenters. The average molecular weight is 406 g/mol. The second kappa shape index (κ2) is 9.55. The number of aromatic amines is 1. The molecule has 1 saturated heterocycles. The number of aromatic nitrogens is 3. The minimum absolute atomic E-state index is 0.0283. The second-order valence-electron chi connectivity index (χ2n) is 6.98. The first-order valence-corrected chi connectivity index (χ1v) is 9.53. The standard InChI is InChI=1S/C19H24F2N6O2/c1-13-23-17(25-24-13)12-26-7-9-27(10-8-26)18(28)3-2-6-22-19(29)15-5-4-14(20)11-16(15)21/h4-5,11H,2-3,6-10,12H2,1H3,(H,22,29)(H,23,24,25). The summed E-state index contributed by atoms with van der Waals surface area (Å²) in [5.74, 6) is -0.706. The zero-order chi connectivity index (χ0) is 20.8. The molecule has 0 radical (unpaired) electrons. The zero-order valence-corrected chi connectivity index (χ0v) is 16.3. The lowest BCUT2D eigenvalue weighted by Gasteiger charge is -2.34. The predicted octanol–water partition coefficient (Wildman–Crippen LogP) is 1.25. The molecule has 10 heteroatoms. The van der Waals surface area contributed by atoms with E-state index in [9.17, 15) is 18.4 Å². The van der Waals surface area contributed by atoms with Gasteiger partial charge in [0.15, 0.2) is 5.82 Å². The van der Waals surface area contributed by atoms with Crippen LogP contribution in [0, 0.1) is 18.6 Å². The smallest absolute Gasteiger partial charge is 0.254 e. The Balaban J connectivity index is 1.34. The Kier molecular flexibility index (Phi) is 6.86. The highest BCUT2D eigenvalue weighted by Crippen LogP contribution is 2.10. The minimum Gasteiger partial charge on any atom is -0.352 e. The molecular weight excluding hydrogens is 382 g/mol. The van der Waals surface area contributed by atoms with Gasteiger partial charge in [0.25, 0.3) is 5.91 Å². The molecule has 1 aliphatic heterocycles. The maximum absolute atomic E-state index is 13.6. The maximum atomic E-state index is 13.6. The third-order valence-electron chi connectivity index (χ3n) is 4.76. The van der Waals surface area contributed by atoms with Crippen molar-refractivity contribution in [1.29, 1.82) is 0 Å². The van der Waals surface area contributed by atoms with Crippen LogP contribution in [-0.2, 0) is 11.3 Å². The number of carbonyl (C=O) groups is 2. The highest BCUT2D eigenvalue weighted by atomic mass is 19.1. The number of nitrogens with one attached hydrogen (secondary N) is 2. The highest BCUT2D eigenvalue weighted by molar-refractivity contribution is 5.94. The first-order chi connectivity index (χ1) is 13.9. The predicted molar refractivity (Wildman–Crippen MR) is 101 cm³/mol. The van der Waals surface area contributed by atoms with E-state index in [0.29, 0.717) is 38.5 Å². The van der Waals surface area contributed by atoms with E-state index in [1.165, 1.54) is 0 Å². The van der Waals surface area contributed by atoms with Crippen LogP contribution in [-0.4, -0.2) is 69.5 Å². The summed E-state index contributed by atoms with van der Waals surface area (Å²) >= 11 is 0. The molecule has 0 spiro atoms. The maximum Gasteiger partial charge on any atom is 0.254 e. The molecule has 8 nitrogen and oxygen atoms in total. The van der Waals surface area contributed by atoms with Crippen LogP contribution in [0.5, 0.6) is 0 Å². The number of piperazine rings is 1. The van der Waals surface area contributed by atoms with Crippen molar-refractivity contribution in [3.63, 3.8) is 0 Å². The van der Waals surface area contributed by atoms with E-state index in [1.54, 1.807) is 4.90 Å². The summed E-state index contributed by atoms with van der Waals surface area (Å²) in [6, 6.07) is 2.80. The Morgan fingerprint density at radius 2 is 1.97 bits per heavy atom. The van der Waals surface area contributed by atoms with Crippen LogP contribution < -0.4 is 5.32 Å². The van der Waals surface area contributed by atoms with Gasteiger partial charge in [-0.1, -0.05) is 0 Å². The van der Waals surface area contributed by atoms with Crippen LogP contribution >= 0.6 is 0 Å². The summed E-state index contributed by atoms with van der Waals surface area (Å²) in [7, 11) is 0. The summed E-state index contributed by atoms with van der Waals surface area (Å²) in [6.45, 7) is 5.51. The zero-order valence-electron chi connectivity index (χ0n) is 16.3. The number of rotatable bonds is 7. The molecule has 1 fully saturated rings. The van der Waals surface area contributed by atoms with Crippen LogP contribution in [0.25, 0.3) is 0 Å². The Hall–Kier alpha value is -2.88. The van der Waals surface area contributed by atoms with E-state index in [2.05, 4.69) is 25.4 Å². The molecule has 0 saturated carbocycles. The summed E-state index contributed by atoms with van der Waals surface area (Å²) in [6.07, 6.45) is 0.746. The molecule has 29 heavy (non-hydrogen) atoms. The van der Waals surface area contributed by atoms with Crippen molar-refractivity contribution in [2.75, 3.05) is 32.7 Å². The van der Waals surface area contributed by atoms with Gasteiger partial charge in [-0.3, -0.25) is 19.6 Å². The van der Waals surface area contributed by atoms with Crippen molar-refractivity contribution in [2.24, 2.45) is 0 Å².